The van der Waals surface area contributed by atoms with E-state index in [-0.39, 0.29) is 0 Å². The minimum Gasteiger partial charge on any atom is -0.390 e. The largest absolute Gasteiger partial charge is 0.390 e. The second kappa shape index (κ2) is 12.0. The number of hydrogen-bond donors (Lipinski definition) is 2. The average molecular weight is 301 g/mol. The first-order valence-corrected chi connectivity index (χ1v) is 8.56. The number of hydrogen-bond acceptors (Lipinski definition) is 4. The van der Waals surface area contributed by atoms with Crippen LogP contribution >= 0.6 is 0 Å². The van der Waals surface area contributed by atoms with Crippen LogP contribution in [0.5, 0.6) is 0 Å². The maximum atomic E-state index is 11.5. The van der Waals surface area contributed by atoms with E-state index in [2.05, 4.69) is 11.8 Å². The SMILES string of the molecule is CCCCCCCCCCCCC(C(=O)ON)C(C)(C)O. The highest BCUT2D eigenvalue weighted by atomic mass is 16.7. The Morgan fingerprint density at radius 3 is 1.81 bits per heavy atom. The van der Waals surface area contributed by atoms with Crippen molar-refractivity contribution in [2.45, 2.75) is 97.0 Å². The molecule has 21 heavy (non-hydrogen) atoms. The molecule has 3 N–H and O–H groups in total. The molecule has 0 aromatic carbocycles. The molecule has 1 atom stereocenters. The van der Waals surface area contributed by atoms with E-state index >= 15 is 0 Å². The minimum absolute atomic E-state index is 0.515. The van der Waals surface area contributed by atoms with Crippen molar-refractivity contribution in [3.8, 4) is 0 Å². The van der Waals surface area contributed by atoms with E-state index < -0.39 is 17.5 Å². The zero-order valence-corrected chi connectivity index (χ0v) is 14.2. The van der Waals surface area contributed by atoms with Crippen molar-refractivity contribution in [3.05, 3.63) is 0 Å². The van der Waals surface area contributed by atoms with Crippen LogP contribution < -0.4 is 5.90 Å². The van der Waals surface area contributed by atoms with Crippen molar-refractivity contribution in [3.63, 3.8) is 0 Å². The van der Waals surface area contributed by atoms with Gasteiger partial charge < -0.3 is 9.94 Å². The number of nitrogens with two attached hydrogens (primary N) is 1. The van der Waals surface area contributed by atoms with Gasteiger partial charge in [-0.3, -0.25) is 0 Å². The van der Waals surface area contributed by atoms with Crippen LogP contribution in [0.3, 0.4) is 0 Å². The fourth-order valence-electron chi connectivity index (χ4n) is 2.68. The van der Waals surface area contributed by atoms with E-state index in [0.29, 0.717) is 6.42 Å². The quantitative estimate of drug-likeness (QED) is 0.397. The molecule has 126 valence electrons. The highest BCUT2D eigenvalue weighted by Gasteiger charge is 2.33. The number of unbranched alkanes of at least 4 members (excludes halogenated alkanes) is 9. The topological polar surface area (TPSA) is 72.5 Å². The predicted octanol–water partition coefficient (Wildman–Crippen LogP) is 4.10. The summed E-state index contributed by atoms with van der Waals surface area (Å²) in [5, 5.41) is 9.97. The molecular formula is C17H35NO3. The summed E-state index contributed by atoms with van der Waals surface area (Å²) in [5.41, 5.74) is -1.07. The van der Waals surface area contributed by atoms with Crippen molar-refractivity contribution in [1.29, 1.82) is 0 Å². The van der Waals surface area contributed by atoms with Gasteiger partial charge in [0.1, 0.15) is 0 Å². The Labute approximate surface area is 130 Å². The minimum atomic E-state index is -1.07. The zero-order chi connectivity index (χ0) is 16.1. The molecule has 4 nitrogen and oxygen atoms in total. The lowest BCUT2D eigenvalue weighted by molar-refractivity contribution is -0.157. The van der Waals surface area contributed by atoms with Gasteiger partial charge in [0.2, 0.25) is 0 Å². The molecule has 0 aromatic rings. The van der Waals surface area contributed by atoms with Crippen LogP contribution in [0, 0.1) is 5.92 Å². The fraction of sp³-hybridized carbons (Fsp3) is 0.941. The molecule has 0 saturated carbocycles. The normalized spacial score (nSPS) is 13.2. The van der Waals surface area contributed by atoms with Gasteiger partial charge in [0, 0.05) is 0 Å². The van der Waals surface area contributed by atoms with E-state index in [1.807, 2.05) is 0 Å². The lowest BCUT2D eigenvalue weighted by Gasteiger charge is -2.26. The molecule has 0 radical (unpaired) electrons. The van der Waals surface area contributed by atoms with Crippen LogP contribution in [0.25, 0.3) is 0 Å². The molecule has 0 spiro atoms. The van der Waals surface area contributed by atoms with Crippen molar-refractivity contribution < 1.29 is 14.7 Å². The van der Waals surface area contributed by atoms with Gasteiger partial charge in [-0.1, -0.05) is 71.1 Å². The number of carbonyl (C=O) groups excluding carboxylic acids is 1. The van der Waals surface area contributed by atoms with Gasteiger partial charge in [-0.15, -0.1) is 0 Å². The second-order valence-corrected chi connectivity index (χ2v) is 6.61. The molecule has 0 amide bonds. The van der Waals surface area contributed by atoms with Crippen LogP contribution in [-0.2, 0) is 9.63 Å². The summed E-state index contributed by atoms with van der Waals surface area (Å²) in [4.78, 5) is 15.8. The zero-order valence-electron chi connectivity index (χ0n) is 14.2. The van der Waals surface area contributed by atoms with Crippen LogP contribution in [0.1, 0.15) is 91.4 Å². The van der Waals surface area contributed by atoms with Crippen molar-refractivity contribution >= 4 is 5.97 Å². The number of rotatable bonds is 13. The van der Waals surface area contributed by atoms with E-state index in [9.17, 15) is 9.90 Å². The van der Waals surface area contributed by atoms with Crippen LogP contribution in [-0.4, -0.2) is 16.7 Å². The molecule has 0 aliphatic carbocycles. The molecule has 0 aromatic heterocycles. The number of aliphatic hydroxyl groups is 1. The van der Waals surface area contributed by atoms with Crippen molar-refractivity contribution in [1.82, 2.24) is 0 Å². The highest BCUT2D eigenvalue weighted by molar-refractivity contribution is 5.73. The Morgan fingerprint density at radius 1 is 1.00 bits per heavy atom. The van der Waals surface area contributed by atoms with E-state index in [1.165, 1.54) is 51.4 Å². The summed E-state index contributed by atoms with van der Waals surface area (Å²) in [6, 6.07) is 0. The summed E-state index contributed by atoms with van der Waals surface area (Å²) in [6.45, 7) is 5.50. The van der Waals surface area contributed by atoms with Crippen LogP contribution in [0.4, 0.5) is 0 Å². The second-order valence-electron chi connectivity index (χ2n) is 6.61. The lowest BCUT2D eigenvalue weighted by Crippen LogP contribution is -2.38. The van der Waals surface area contributed by atoms with Crippen LogP contribution in [0.2, 0.25) is 0 Å². The standard InChI is InChI=1S/C17H35NO3/c1-4-5-6-7-8-9-10-11-12-13-14-15(16(19)21-18)17(2,3)20/h15,20H,4-14,18H2,1-3H3. The van der Waals surface area contributed by atoms with E-state index in [0.717, 1.165) is 12.8 Å². The molecule has 0 aliphatic rings. The third-order valence-electron chi connectivity index (χ3n) is 4.10. The maximum absolute atomic E-state index is 11.5. The Balaban J connectivity index is 3.61. The van der Waals surface area contributed by atoms with Gasteiger partial charge in [0.25, 0.3) is 0 Å². The summed E-state index contributed by atoms with van der Waals surface area (Å²) >= 11 is 0. The Kier molecular flexibility index (Phi) is 11.6. The molecule has 0 saturated heterocycles. The monoisotopic (exact) mass is 301 g/mol. The third kappa shape index (κ3) is 10.7. The number of carbonyl (C=O) groups is 1. The Bertz CT molecular complexity index is 261. The summed E-state index contributed by atoms with van der Waals surface area (Å²) in [6.07, 6.45) is 13.2. The molecule has 1 unspecified atom stereocenters. The Morgan fingerprint density at radius 2 is 1.43 bits per heavy atom. The third-order valence-corrected chi connectivity index (χ3v) is 4.10. The molecule has 0 rings (SSSR count). The predicted molar refractivity (Wildman–Crippen MR) is 86.5 cm³/mol. The van der Waals surface area contributed by atoms with Crippen LogP contribution in [0.15, 0.2) is 0 Å². The molecule has 0 fully saturated rings. The summed E-state index contributed by atoms with van der Waals surface area (Å²) in [5.74, 6) is 3.88. The smallest absolute Gasteiger partial charge is 0.330 e. The molecule has 4 heteroatoms. The van der Waals surface area contributed by atoms with Gasteiger partial charge in [0.15, 0.2) is 0 Å². The molecule has 0 aliphatic heterocycles. The molecular weight excluding hydrogens is 266 g/mol. The van der Waals surface area contributed by atoms with Gasteiger partial charge in [-0.05, 0) is 20.3 Å². The Hall–Kier alpha value is -0.610. The fourth-order valence-corrected chi connectivity index (χ4v) is 2.68. The van der Waals surface area contributed by atoms with E-state index in [1.54, 1.807) is 13.8 Å². The van der Waals surface area contributed by atoms with Gasteiger partial charge >= 0.3 is 5.97 Å². The van der Waals surface area contributed by atoms with Gasteiger partial charge in [-0.25, -0.2) is 4.79 Å². The summed E-state index contributed by atoms with van der Waals surface area (Å²) < 4.78 is 0. The molecule has 0 heterocycles. The first-order chi connectivity index (χ1) is 9.93. The highest BCUT2D eigenvalue weighted by Crippen LogP contribution is 2.24. The van der Waals surface area contributed by atoms with Gasteiger partial charge in [0.05, 0.1) is 11.5 Å². The van der Waals surface area contributed by atoms with Crippen molar-refractivity contribution in [2.24, 2.45) is 11.8 Å². The van der Waals surface area contributed by atoms with E-state index in [4.69, 9.17) is 5.90 Å². The first-order valence-electron chi connectivity index (χ1n) is 8.56. The maximum Gasteiger partial charge on any atom is 0.330 e. The van der Waals surface area contributed by atoms with Gasteiger partial charge in [-0.2, -0.15) is 5.90 Å². The summed E-state index contributed by atoms with van der Waals surface area (Å²) in [7, 11) is 0. The lowest BCUT2D eigenvalue weighted by atomic mass is 9.86. The average Bonchev–Trinajstić information content (AvgIpc) is 2.42. The molecule has 0 bridgehead atoms. The first kappa shape index (κ1) is 20.4. The van der Waals surface area contributed by atoms with Crippen molar-refractivity contribution in [2.75, 3.05) is 0 Å².